The zero-order valence-electron chi connectivity index (χ0n) is 16.6. The Labute approximate surface area is 169 Å². The van der Waals surface area contributed by atoms with Crippen LogP contribution in [0.2, 0.25) is 0 Å². The van der Waals surface area contributed by atoms with Crippen LogP contribution in [0.15, 0.2) is 54.4 Å². The second-order valence-corrected chi connectivity index (χ2v) is 7.06. The van der Waals surface area contributed by atoms with Crippen LogP contribution >= 0.6 is 0 Å². The van der Waals surface area contributed by atoms with Crippen LogP contribution in [0.5, 0.6) is 5.88 Å². The van der Waals surface area contributed by atoms with E-state index in [2.05, 4.69) is 10.3 Å². The van der Waals surface area contributed by atoms with Crippen molar-refractivity contribution in [3.8, 4) is 11.9 Å². The third-order valence-corrected chi connectivity index (χ3v) is 5.20. The number of pyridine rings is 1. The van der Waals surface area contributed by atoms with Gasteiger partial charge in [0.15, 0.2) is 6.61 Å². The van der Waals surface area contributed by atoms with Crippen LogP contribution in [-0.4, -0.2) is 40.9 Å². The van der Waals surface area contributed by atoms with Crippen molar-refractivity contribution in [2.45, 2.75) is 25.8 Å². The number of hydrogen-bond donors (Lipinski definition) is 1. The van der Waals surface area contributed by atoms with E-state index in [1.807, 2.05) is 36.4 Å². The number of hydrogen-bond acceptors (Lipinski definition) is 5. The average molecular weight is 390 g/mol. The average Bonchev–Trinajstić information content (AvgIpc) is 2.74. The summed E-state index contributed by atoms with van der Waals surface area (Å²) in [4.78, 5) is 31.8. The molecular weight excluding hydrogens is 368 g/mol. The number of amides is 2. The molecule has 1 aliphatic rings. The van der Waals surface area contributed by atoms with Gasteiger partial charge in [-0.15, -0.1) is 0 Å². The number of piperazine rings is 1. The van der Waals surface area contributed by atoms with Gasteiger partial charge in [-0.2, -0.15) is 5.26 Å². The highest BCUT2D eigenvalue weighted by molar-refractivity contribution is 6.10. The number of ether oxygens (including phenoxy) is 1. The van der Waals surface area contributed by atoms with Gasteiger partial charge < -0.3 is 15.0 Å². The van der Waals surface area contributed by atoms with E-state index in [-0.39, 0.29) is 30.0 Å². The Morgan fingerprint density at radius 3 is 2.66 bits per heavy atom. The predicted molar refractivity (Wildman–Crippen MR) is 107 cm³/mol. The van der Waals surface area contributed by atoms with Gasteiger partial charge in [0.05, 0.1) is 0 Å². The lowest BCUT2D eigenvalue weighted by atomic mass is 9.87. The molecule has 0 bridgehead atoms. The van der Waals surface area contributed by atoms with E-state index >= 15 is 0 Å². The van der Waals surface area contributed by atoms with Gasteiger partial charge >= 0.3 is 0 Å². The van der Waals surface area contributed by atoms with Crippen molar-refractivity contribution >= 4 is 17.4 Å². The molecule has 1 unspecified atom stereocenters. The quantitative estimate of drug-likeness (QED) is 0.791. The Balaban J connectivity index is 1.96. The van der Waals surface area contributed by atoms with Crippen LogP contribution in [0.25, 0.3) is 5.57 Å². The standard InChI is InChI=1S/C22H22N4O3/c1-15(17-10-7-12-24-19(17)29-13-11-23)18-20(27)26(3)22(2,21(28)25-18)14-16-8-5-4-6-9-16/h4-10,12H,13-14H2,1-3H3,(H,25,28). The monoisotopic (exact) mass is 390 g/mol. The molecule has 2 aromatic rings. The summed E-state index contributed by atoms with van der Waals surface area (Å²) in [5.74, 6) is -0.321. The Bertz CT molecular complexity index is 1010. The summed E-state index contributed by atoms with van der Waals surface area (Å²) < 4.78 is 5.36. The van der Waals surface area contributed by atoms with Crippen LogP contribution in [-0.2, 0) is 16.0 Å². The van der Waals surface area contributed by atoms with Crippen molar-refractivity contribution in [1.29, 1.82) is 5.26 Å². The minimum absolute atomic E-state index is 0.165. The zero-order valence-corrected chi connectivity index (χ0v) is 16.6. The third kappa shape index (κ3) is 3.83. The molecule has 1 fully saturated rings. The van der Waals surface area contributed by atoms with Gasteiger partial charge in [-0.05, 0) is 37.1 Å². The molecule has 7 heteroatoms. The molecule has 0 saturated carbocycles. The number of aromatic nitrogens is 1. The van der Waals surface area contributed by atoms with E-state index in [0.717, 1.165) is 5.56 Å². The van der Waals surface area contributed by atoms with Crippen LogP contribution in [0, 0.1) is 11.3 Å². The SMILES string of the molecule is CC(=C1NC(=O)C(C)(Cc2ccccc2)N(C)C1=O)c1cccnc1OCC#N. The highest BCUT2D eigenvalue weighted by Gasteiger charge is 2.46. The summed E-state index contributed by atoms with van der Waals surface area (Å²) in [6.45, 7) is 3.31. The Hall–Kier alpha value is -3.66. The molecule has 1 aromatic carbocycles. The summed E-state index contributed by atoms with van der Waals surface area (Å²) in [5.41, 5.74) is 1.20. The van der Waals surface area contributed by atoms with Crippen molar-refractivity contribution in [3.63, 3.8) is 0 Å². The molecule has 1 atom stereocenters. The highest BCUT2D eigenvalue weighted by atomic mass is 16.5. The van der Waals surface area contributed by atoms with Crippen LogP contribution in [0.3, 0.4) is 0 Å². The van der Waals surface area contributed by atoms with Gasteiger partial charge in [-0.3, -0.25) is 9.59 Å². The van der Waals surface area contributed by atoms with Crippen molar-refractivity contribution < 1.29 is 14.3 Å². The van der Waals surface area contributed by atoms with Gasteiger partial charge in [0.1, 0.15) is 17.3 Å². The number of carbonyl (C=O) groups is 2. The second kappa shape index (κ2) is 8.15. The summed E-state index contributed by atoms with van der Waals surface area (Å²) in [6.07, 6.45) is 1.94. The molecule has 0 aliphatic carbocycles. The van der Waals surface area contributed by atoms with Crippen LogP contribution in [0.1, 0.15) is 25.0 Å². The fourth-order valence-electron chi connectivity index (χ4n) is 3.32. The first-order valence-corrected chi connectivity index (χ1v) is 9.18. The fourth-order valence-corrected chi connectivity index (χ4v) is 3.32. The molecular formula is C22H22N4O3. The largest absolute Gasteiger partial charge is 0.462 e. The first kappa shape index (κ1) is 20.1. The highest BCUT2D eigenvalue weighted by Crippen LogP contribution is 2.31. The molecule has 1 aromatic heterocycles. The van der Waals surface area contributed by atoms with E-state index in [1.165, 1.54) is 4.90 Å². The van der Waals surface area contributed by atoms with Crippen LogP contribution < -0.4 is 10.1 Å². The molecule has 7 nitrogen and oxygen atoms in total. The van der Waals surface area contributed by atoms with E-state index < -0.39 is 5.54 Å². The molecule has 1 aliphatic heterocycles. The van der Waals surface area contributed by atoms with Crippen molar-refractivity contribution in [2.24, 2.45) is 0 Å². The Morgan fingerprint density at radius 2 is 1.97 bits per heavy atom. The van der Waals surface area contributed by atoms with Crippen molar-refractivity contribution in [2.75, 3.05) is 13.7 Å². The smallest absolute Gasteiger partial charge is 0.271 e. The zero-order chi connectivity index (χ0) is 21.0. The van der Waals surface area contributed by atoms with E-state index in [4.69, 9.17) is 10.00 Å². The number of nitrogens with zero attached hydrogens (tertiary/aromatic N) is 3. The lowest BCUT2D eigenvalue weighted by Crippen LogP contribution is -2.64. The summed E-state index contributed by atoms with van der Waals surface area (Å²) in [5, 5.41) is 11.6. The first-order valence-electron chi connectivity index (χ1n) is 9.18. The first-order chi connectivity index (χ1) is 13.9. The van der Waals surface area contributed by atoms with Gasteiger partial charge in [0, 0.05) is 25.2 Å². The van der Waals surface area contributed by atoms with Crippen molar-refractivity contribution in [1.82, 2.24) is 15.2 Å². The molecule has 0 spiro atoms. The maximum absolute atomic E-state index is 13.2. The molecule has 1 saturated heterocycles. The Kier molecular flexibility index (Phi) is 5.64. The van der Waals surface area contributed by atoms with Gasteiger partial charge in [0.25, 0.3) is 11.8 Å². The third-order valence-electron chi connectivity index (χ3n) is 5.20. The number of rotatable bonds is 5. The molecule has 2 heterocycles. The molecule has 29 heavy (non-hydrogen) atoms. The van der Waals surface area contributed by atoms with Crippen LogP contribution in [0.4, 0.5) is 0 Å². The number of benzene rings is 1. The number of nitrogens with one attached hydrogen (secondary N) is 1. The van der Waals surface area contributed by atoms with E-state index in [0.29, 0.717) is 17.6 Å². The molecule has 2 amide bonds. The minimum atomic E-state index is -1.02. The summed E-state index contributed by atoms with van der Waals surface area (Å²) in [6, 6.07) is 14.9. The topological polar surface area (TPSA) is 95.3 Å². The van der Waals surface area contributed by atoms with Gasteiger partial charge in [0.2, 0.25) is 5.88 Å². The maximum atomic E-state index is 13.2. The molecule has 1 N–H and O–H groups in total. The minimum Gasteiger partial charge on any atom is -0.462 e. The number of nitriles is 1. The second-order valence-electron chi connectivity index (χ2n) is 7.06. The summed E-state index contributed by atoms with van der Waals surface area (Å²) in [7, 11) is 1.63. The predicted octanol–water partition coefficient (Wildman–Crippen LogP) is 2.30. The maximum Gasteiger partial charge on any atom is 0.271 e. The number of allylic oxidation sites excluding steroid dienone is 1. The number of likely N-dealkylation sites (N-methyl/N-ethyl adjacent to an activating group) is 1. The molecule has 0 radical (unpaired) electrons. The van der Waals surface area contributed by atoms with Crippen molar-refractivity contribution in [3.05, 3.63) is 65.5 Å². The number of carbonyl (C=O) groups excluding carboxylic acids is 2. The summed E-state index contributed by atoms with van der Waals surface area (Å²) >= 11 is 0. The normalized spacial score (nSPS) is 20.7. The Morgan fingerprint density at radius 1 is 1.24 bits per heavy atom. The van der Waals surface area contributed by atoms with E-state index in [9.17, 15) is 9.59 Å². The lowest BCUT2D eigenvalue weighted by Gasteiger charge is -2.42. The lowest BCUT2D eigenvalue weighted by molar-refractivity contribution is -0.147. The molecule has 3 rings (SSSR count). The fraction of sp³-hybridized carbons (Fsp3) is 0.273. The van der Waals surface area contributed by atoms with E-state index in [1.54, 1.807) is 39.2 Å². The van der Waals surface area contributed by atoms with Gasteiger partial charge in [-0.25, -0.2) is 4.98 Å². The van der Waals surface area contributed by atoms with Gasteiger partial charge in [-0.1, -0.05) is 30.3 Å². The molecule has 148 valence electrons.